The number of imidazole rings is 1. The molecular formula is C29H33N3O4S2. The van der Waals surface area contributed by atoms with Crippen molar-refractivity contribution < 1.29 is 19.1 Å². The number of carbonyl (C=O) groups excluding carboxylic acids is 2. The number of ether oxygens (including phenoxy) is 2. The number of aromatic nitrogens is 2. The van der Waals surface area contributed by atoms with Gasteiger partial charge in [-0.3, -0.25) is 9.20 Å². The highest BCUT2D eigenvalue weighted by atomic mass is 32.1. The van der Waals surface area contributed by atoms with E-state index in [-0.39, 0.29) is 11.8 Å². The molecule has 1 fully saturated rings. The van der Waals surface area contributed by atoms with Crippen molar-refractivity contribution in [2.45, 2.75) is 39.5 Å². The summed E-state index contributed by atoms with van der Waals surface area (Å²) in [4.78, 5) is 35.4. The number of amides is 1. The first-order valence-corrected chi connectivity index (χ1v) is 14.8. The highest BCUT2D eigenvalue weighted by Gasteiger charge is 2.32. The van der Waals surface area contributed by atoms with E-state index in [9.17, 15) is 9.59 Å². The molecule has 0 spiro atoms. The number of hydrogen-bond acceptors (Lipinski definition) is 7. The quantitative estimate of drug-likeness (QED) is 0.169. The van der Waals surface area contributed by atoms with Gasteiger partial charge in [0.2, 0.25) is 5.91 Å². The normalized spacial score (nSPS) is 17.6. The van der Waals surface area contributed by atoms with Crippen molar-refractivity contribution in [1.29, 1.82) is 0 Å². The molecule has 0 bridgehead atoms. The van der Waals surface area contributed by atoms with Gasteiger partial charge in [-0.2, -0.15) is 0 Å². The molecule has 1 saturated carbocycles. The fraction of sp³-hybridized carbons (Fsp3) is 0.414. The van der Waals surface area contributed by atoms with E-state index >= 15 is 0 Å². The number of benzene rings is 1. The van der Waals surface area contributed by atoms with E-state index in [1.54, 1.807) is 16.2 Å². The number of thiazole rings is 1. The molecule has 1 aliphatic rings. The molecule has 3 heterocycles. The minimum atomic E-state index is -0.433. The van der Waals surface area contributed by atoms with Crippen LogP contribution in [-0.4, -0.2) is 48.1 Å². The van der Waals surface area contributed by atoms with Crippen LogP contribution in [0, 0.1) is 11.8 Å². The van der Waals surface area contributed by atoms with Crippen LogP contribution in [0.15, 0.2) is 48.1 Å². The van der Waals surface area contributed by atoms with E-state index in [1.165, 1.54) is 18.4 Å². The van der Waals surface area contributed by atoms with E-state index < -0.39 is 5.97 Å². The molecule has 200 valence electrons. The highest BCUT2D eigenvalue weighted by molar-refractivity contribution is 7.18. The second kappa shape index (κ2) is 11.8. The average Bonchev–Trinajstić information content (AvgIpc) is 3.67. The van der Waals surface area contributed by atoms with Crippen molar-refractivity contribution in [2.75, 3.05) is 31.8 Å². The summed E-state index contributed by atoms with van der Waals surface area (Å²) in [6.45, 7) is 5.56. The van der Waals surface area contributed by atoms with Gasteiger partial charge in [-0.15, -0.1) is 22.7 Å². The lowest BCUT2D eigenvalue weighted by Crippen LogP contribution is -2.40. The van der Waals surface area contributed by atoms with Gasteiger partial charge in [0.25, 0.3) is 0 Å². The van der Waals surface area contributed by atoms with E-state index in [4.69, 9.17) is 14.5 Å². The van der Waals surface area contributed by atoms with Gasteiger partial charge in [-0.05, 0) is 50.2 Å². The van der Waals surface area contributed by atoms with Gasteiger partial charge >= 0.3 is 5.97 Å². The second-order valence-electron chi connectivity index (χ2n) is 9.76. The largest absolute Gasteiger partial charge is 0.465 e. The predicted molar refractivity (Wildman–Crippen MR) is 153 cm³/mol. The van der Waals surface area contributed by atoms with Gasteiger partial charge in [0, 0.05) is 47.3 Å². The summed E-state index contributed by atoms with van der Waals surface area (Å²) in [5.74, 6) is 0.250. The van der Waals surface area contributed by atoms with E-state index in [1.807, 2.05) is 59.4 Å². The van der Waals surface area contributed by atoms with Crippen molar-refractivity contribution >= 4 is 45.2 Å². The van der Waals surface area contributed by atoms with Gasteiger partial charge in [-0.25, -0.2) is 9.78 Å². The van der Waals surface area contributed by atoms with Gasteiger partial charge in [0.15, 0.2) is 4.96 Å². The molecule has 0 saturated heterocycles. The molecular weight excluding hydrogens is 518 g/mol. The van der Waals surface area contributed by atoms with Crippen molar-refractivity contribution in [2.24, 2.45) is 11.8 Å². The lowest BCUT2D eigenvalue weighted by atomic mass is 9.82. The Morgan fingerprint density at radius 3 is 2.55 bits per heavy atom. The molecule has 0 aliphatic heterocycles. The van der Waals surface area contributed by atoms with Crippen LogP contribution in [0.1, 0.15) is 49.2 Å². The Balaban J connectivity index is 1.46. The lowest BCUT2D eigenvalue weighted by Gasteiger charge is -2.31. The molecule has 1 aromatic carbocycles. The molecule has 0 unspecified atom stereocenters. The molecule has 1 amide bonds. The van der Waals surface area contributed by atoms with Crippen molar-refractivity contribution in [3.8, 4) is 21.7 Å². The molecule has 3 aromatic heterocycles. The van der Waals surface area contributed by atoms with Crippen molar-refractivity contribution in [3.05, 3.63) is 53.0 Å². The van der Waals surface area contributed by atoms with E-state index in [0.29, 0.717) is 36.2 Å². The zero-order valence-corrected chi connectivity index (χ0v) is 23.6. The van der Waals surface area contributed by atoms with Crippen LogP contribution in [0.3, 0.4) is 0 Å². The Kier molecular flexibility index (Phi) is 8.26. The number of carbonyl (C=O) groups is 2. The summed E-state index contributed by atoms with van der Waals surface area (Å²) in [6.07, 6.45) is 7.88. The van der Waals surface area contributed by atoms with Crippen LogP contribution in [0.4, 0.5) is 5.69 Å². The first-order valence-electron chi connectivity index (χ1n) is 13.1. The van der Waals surface area contributed by atoms with E-state index in [0.717, 1.165) is 52.3 Å². The Bertz CT molecular complexity index is 1370. The first-order chi connectivity index (χ1) is 18.5. The monoisotopic (exact) mass is 551 g/mol. The van der Waals surface area contributed by atoms with Gasteiger partial charge in [0.05, 0.1) is 25.1 Å². The smallest absolute Gasteiger partial charge is 0.350 e. The average molecular weight is 552 g/mol. The van der Waals surface area contributed by atoms with Crippen LogP contribution >= 0.6 is 22.7 Å². The van der Waals surface area contributed by atoms with Crippen LogP contribution < -0.4 is 4.90 Å². The summed E-state index contributed by atoms with van der Waals surface area (Å²) < 4.78 is 12.8. The fourth-order valence-corrected chi connectivity index (χ4v) is 6.80. The third kappa shape index (κ3) is 5.55. The molecule has 5 rings (SSSR count). The minimum Gasteiger partial charge on any atom is -0.465 e. The predicted octanol–water partition coefficient (Wildman–Crippen LogP) is 6.77. The third-order valence-electron chi connectivity index (χ3n) is 7.23. The molecule has 4 aromatic rings. The fourth-order valence-electron chi connectivity index (χ4n) is 5.01. The maximum Gasteiger partial charge on any atom is 0.350 e. The number of esters is 1. The van der Waals surface area contributed by atoms with Gasteiger partial charge in [0.1, 0.15) is 4.88 Å². The number of rotatable bonds is 9. The SMILES string of the molecule is CCOCCN(c1cc(-c2ccc(-c3cn4ccsc4n3)cc2)sc1C(=O)OC)C(=O)[C@H]1CC[C@H](C)CC1. The molecule has 7 nitrogen and oxygen atoms in total. The molecule has 1 aliphatic carbocycles. The maximum atomic E-state index is 13.8. The number of fused-ring (bicyclic) bond motifs is 1. The Hall–Kier alpha value is -3.01. The Morgan fingerprint density at radius 2 is 1.87 bits per heavy atom. The number of anilines is 1. The Labute approximate surface area is 231 Å². The molecule has 0 radical (unpaired) electrons. The summed E-state index contributed by atoms with van der Waals surface area (Å²) in [7, 11) is 1.38. The summed E-state index contributed by atoms with van der Waals surface area (Å²) in [5, 5.41) is 2.01. The first kappa shape index (κ1) is 26.6. The molecule has 9 heteroatoms. The summed E-state index contributed by atoms with van der Waals surface area (Å²) in [5.41, 5.74) is 3.52. The second-order valence-corrected chi connectivity index (χ2v) is 11.7. The number of nitrogens with zero attached hydrogens (tertiary/aromatic N) is 3. The summed E-state index contributed by atoms with van der Waals surface area (Å²) >= 11 is 2.96. The van der Waals surface area contributed by atoms with Crippen molar-refractivity contribution in [3.63, 3.8) is 0 Å². The zero-order valence-electron chi connectivity index (χ0n) is 22.0. The number of thiophene rings is 1. The minimum absolute atomic E-state index is 0.0366. The molecule has 38 heavy (non-hydrogen) atoms. The zero-order chi connectivity index (χ0) is 26.6. The topological polar surface area (TPSA) is 73.1 Å². The third-order valence-corrected chi connectivity index (χ3v) is 9.15. The van der Waals surface area contributed by atoms with Crippen LogP contribution in [0.5, 0.6) is 0 Å². The summed E-state index contributed by atoms with van der Waals surface area (Å²) in [6, 6.07) is 10.1. The highest BCUT2D eigenvalue weighted by Crippen LogP contribution is 2.40. The van der Waals surface area contributed by atoms with Gasteiger partial charge < -0.3 is 14.4 Å². The number of hydrogen-bond donors (Lipinski definition) is 0. The standard InChI is InChI=1S/C29H33N3O4S2/c1-4-36-15-13-32(27(33)22-7-5-19(2)6-8-22)24-17-25(38-26(24)28(34)35-3)21-11-9-20(10-12-21)23-18-31-14-16-37-29(31)30-23/h9-12,14,16-19,22H,4-8,13,15H2,1-3H3/t19-,22-. The lowest BCUT2D eigenvalue weighted by molar-refractivity contribution is -0.123. The number of methoxy groups -OCH3 is 1. The van der Waals surface area contributed by atoms with Crippen LogP contribution in [0.2, 0.25) is 0 Å². The van der Waals surface area contributed by atoms with E-state index in [2.05, 4.69) is 6.92 Å². The van der Waals surface area contributed by atoms with Crippen LogP contribution in [-0.2, 0) is 14.3 Å². The van der Waals surface area contributed by atoms with Crippen molar-refractivity contribution in [1.82, 2.24) is 9.38 Å². The maximum absolute atomic E-state index is 13.8. The van der Waals surface area contributed by atoms with Crippen LogP contribution in [0.25, 0.3) is 26.7 Å². The molecule has 0 atom stereocenters. The Morgan fingerprint density at radius 1 is 1.13 bits per heavy atom. The molecule has 0 N–H and O–H groups in total. The van der Waals surface area contributed by atoms with Gasteiger partial charge in [-0.1, -0.05) is 31.2 Å².